The largest absolute Gasteiger partial charge is 0.368 e. The number of hydrogen-bond acceptors (Lipinski definition) is 7. The van der Waals surface area contributed by atoms with Gasteiger partial charge >= 0.3 is 0 Å². The monoisotopic (exact) mass is 238 g/mol. The lowest BCUT2D eigenvalue weighted by atomic mass is 10.6. The van der Waals surface area contributed by atoms with Crippen LogP contribution in [0.3, 0.4) is 0 Å². The van der Waals surface area contributed by atoms with Gasteiger partial charge in [0, 0.05) is 13.0 Å². The zero-order valence-electron chi connectivity index (χ0n) is 9.67. The average Bonchev–Trinajstić information content (AvgIpc) is 3.01. The van der Waals surface area contributed by atoms with Gasteiger partial charge < -0.3 is 11.1 Å². The second kappa shape index (κ2) is 4.50. The van der Waals surface area contributed by atoms with Crippen molar-refractivity contribution in [1.82, 2.24) is 15.0 Å². The molecule has 8 nitrogen and oxygen atoms in total. The van der Waals surface area contributed by atoms with Crippen molar-refractivity contribution < 1.29 is 9.63 Å². The third-order valence-electron chi connectivity index (χ3n) is 2.20. The van der Waals surface area contributed by atoms with E-state index >= 15 is 0 Å². The SMILES string of the molecule is CON(C(C)=O)c1nc(N)nc(NC2CC2)n1. The van der Waals surface area contributed by atoms with Gasteiger partial charge in [0.05, 0.1) is 7.11 Å². The number of rotatable bonds is 4. The first-order valence-electron chi connectivity index (χ1n) is 5.23. The van der Waals surface area contributed by atoms with Crippen LogP contribution in [0, 0.1) is 0 Å². The Kier molecular flexibility index (Phi) is 3.05. The summed E-state index contributed by atoms with van der Waals surface area (Å²) in [5.74, 6) is 0.144. The molecule has 1 aromatic heterocycles. The second-order valence-electron chi connectivity index (χ2n) is 3.73. The maximum absolute atomic E-state index is 11.3. The smallest absolute Gasteiger partial charge is 0.263 e. The van der Waals surface area contributed by atoms with Gasteiger partial charge in [0.15, 0.2) is 0 Å². The Labute approximate surface area is 98.2 Å². The van der Waals surface area contributed by atoms with Gasteiger partial charge in [-0.25, -0.2) is 0 Å². The molecule has 0 saturated heterocycles. The molecule has 0 unspecified atom stereocenters. The number of aromatic nitrogens is 3. The van der Waals surface area contributed by atoms with Crippen molar-refractivity contribution in [2.45, 2.75) is 25.8 Å². The molecule has 1 amide bonds. The summed E-state index contributed by atoms with van der Waals surface area (Å²) < 4.78 is 0. The first-order chi connectivity index (χ1) is 8.10. The number of nitrogen functional groups attached to an aromatic ring is 1. The highest BCUT2D eigenvalue weighted by atomic mass is 16.7. The highest BCUT2D eigenvalue weighted by Crippen LogP contribution is 2.23. The number of carbonyl (C=O) groups excluding carboxylic acids is 1. The molecule has 17 heavy (non-hydrogen) atoms. The molecule has 0 bridgehead atoms. The lowest BCUT2D eigenvalue weighted by Gasteiger charge is -2.16. The number of nitrogens with one attached hydrogen (secondary N) is 1. The average molecular weight is 238 g/mol. The molecule has 0 aromatic carbocycles. The van der Waals surface area contributed by atoms with E-state index in [0.717, 1.165) is 17.9 Å². The number of hydroxylamine groups is 1. The van der Waals surface area contributed by atoms with E-state index in [2.05, 4.69) is 20.3 Å². The van der Waals surface area contributed by atoms with E-state index in [0.29, 0.717) is 12.0 Å². The van der Waals surface area contributed by atoms with Gasteiger partial charge in [-0.2, -0.15) is 20.0 Å². The van der Waals surface area contributed by atoms with Crippen molar-refractivity contribution in [2.75, 3.05) is 23.2 Å². The van der Waals surface area contributed by atoms with Crippen LogP contribution in [0.2, 0.25) is 0 Å². The maximum Gasteiger partial charge on any atom is 0.263 e. The number of hydrogen-bond donors (Lipinski definition) is 2. The van der Waals surface area contributed by atoms with E-state index in [-0.39, 0.29) is 17.8 Å². The van der Waals surface area contributed by atoms with Gasteiger partial charge in [0.25, 0.3) is 11.9 Å². The van der Waals surface area contributed by atoms with Gasteiger partial charge in [0.2, 0.25) is 11.9 Å². The molecule has 0 atom stereocenters. The van der Waals surface area contributed by atoms with E-state index in [1.165, 1.54) is 14.0 Å². The van der Waals surface area contributed by atoms with Crippen molar-refractivity contribution >= 4 is 23.8 Å². The highest BCUT2D eigenvalue weighted by Gasteiger charge is 2.23. The van der Waals surface area contributed by atoms with Gasteiger partial charge in [-0.15, -0.1) is 0 Å². The molecule has 0 spiro atoms. The minimum absolute atomic E-state index is 0.0430. The van der Waals surface area contributed by atoms with E-state index in [1.807, 2.05) is 0 Å². The summed E-state index contributed by atoms with van der Waals surface area (Å²) in [4.78, 5) is 28.0. The molecule has 0 radical (unpaired) electrons. The molecular formula is C9H14N6O2. The van der Waals surface area contributed by atoms with Crippen molar-refractivity contribution in [3.8, 4) is 0 Å². The zero-order chi connectivity index (χ0) is 12.4. The first-order valence-corrected chi connectivity index (χ1v) is 5.23. The van der Waals surface area contributed by atoms with Crippen LogP contribution in [0.1, 0.15) is 19.8 Å². The zero-order valence-corrected chi connectivity index (χ0v) is 9.67. The summed E-state index contributed by atoms with van der Waals surface area (Å²) >= 11 is 0. The van der Waals surface area contributed by atoms with Crippen molar-refractivity contribution in [2.24, 2.45) is 0 Å². The highest BCUT2D eigenvalue weighted by molar-refractivity contribution is 5.87. The Morgan fingerprint density at radius 2 is 2.18 bits per heavy atom. The molecular weight excluding hydrogens is 224 g/mol. The third-order valence-corrected chi connectivity index (χ3v) is 2.20. The fourth-order valence-electron chi connectivity index (χ4n) is 1.30. The Morgan fingerprint density at radius 1 is 1.47 bits per heavy atom. The topological polar surface area (TPSA) is 106 Å². The summed E-state index contributed by atoms with van der Waals surface area (Å²) in [5, 5.41) is 4.03. The van der Waals surface area contributed by atoms with Gasteiger partial charge in [-0.05, 0) is 12.8 Å². The predicted octanol–water partition coefficient (Wildman–Crippen LogP) is -0.0576. The van der Waals surface area contributed by atoms with E-state index in [4.69, 9.17) is 10.6 Å². The molecule has 1 aromatic rings. The standard InChI is InChI=1S/C9H14N6O2/c1-5(16)15(17-2)9-13-7(10)12-8(14-9)11-6-3-4-6/h6H,3-4H2,1-2H3,(H3,10,11,12,13,14). The summed E-state index contributed by atoms with van der Waals surface area (Å²) in [7, 11) is 1.36. The molecule has 0 aliphatic heterocycles. The second-order valence-corrected chi connectivity index (χ2v) is 3.73. The number of amides is 1. The molecule has 1 heterocycles. The number of carbonyl (C=O) groups is 1. The summed E-state index contributed by atoms with van der Waals surface area (Å²) in [6, 6.07) is 0.387. The van der Waals surface area contributed by atoms with Gasteiger partial charge in [-0.3, -0.25) is 9.63 Å². The molecule has 1 aliphatic carbocycles. The number of nitrogens with two attached hydrogens (primary N) is 1. The van der Waals surface area contributed by atoms with Crippen molar-refractivity contribution in [3.63, 3.8) is 0 Å². The fourth-order valence-corrected chi connectivity index (χ4v) is 1.30. The number of nitrogens with zero attached hydrogens (tertiary/aromatic N) is 4. The van der Waals surface area contributed by atoms with Crippen LogP contribution in [0.15, 0.2) is 0 Å². The Bertz CT molecular complexity index is 433. The van der Waals surface area contributed by atoms with Crippen molar-refractivity contribution in [1.29, 1.82) is 0 Å². The van der Waals surface area contributed by atoms with Crippen LogP contribution >= 0.6 is 0 Å². The van der Waals surface area contributed by atoms with Crippen LogP contribution in [-0.2, 0) is 9.63 Å². The van der Waals surface area contributed by atoms with Gasteiger partial charge in [0.1, 0.15) is 0 Å². The van der Waals surface area contributed by atoms with Gasteiger partial charge in [-0.1, -0.05) is 0 Å². The Morgan fingerprint density at radius 3 is 2.71 bits per heavy atom. The summed E-state index contributed by atoms with van der Waals surface area (Å²) in [6.07, 6.45) is 2.17. The quantitative estimate of drug-likeness (QED) is 0.708. The minimum atomic E-state index is -0.338. The van der Waals surface area contributed by atoms with E-state index < -0.39 is 0 Å². The normalized spacial score (nSPS) is 14.5. The molecule has 2 rings (SSSR count). The van der Waals surface area contributed by atoms with E-state index in [9.17, 15) is 4.79 Å². The molecule has 1 fully saturated rings. The number of anilines is 3. The lowest BCUT2D eigenvalue weighted by molar-refractivity contribution is -0.122. The molecule has 3 N–H and O–H groups in total. The minimum Gasteiger partial charge on any atom is -0.368 e. The van der Waals surface area contributed by atoms with E-state index in [1.54, 1.807) is 0 Å². The Hall–Kier alpha value is -1.96. The summed E-state index contributed by atoms with van der Waals surface area (Å²) in [6.45, 7) is 1.34. The molecule has 8 heteroatoms. The third kappa shape index (κ3) is 2.78. The molecule has 92 valence electrons. The van der Waals surface area contributed by atoms with Crippen molar-refractivity contribution in [3.05, 3.63) is 0 Å². The predicted molar refractivity (Wildman–Crippen MR) is 61.1 cm³/mol. The summed E-state index contributed by atoms with van der Waals surface area (Å²) in [5.41, 5.74) is 5.55. The van der Waals surface area contributed by atoms with Crippen LogP contribution in [0.5, 0.6) is 0 Å². The first kappa shape index (κ1) is 11.5. The molecule has 1 saturated carbocycles. The fraction of sp³-hybridized carbons (Fsp3) is 0.556. The molecule has 1 aliphatic rings. The van der Waals surface area contributed by atoms with Crippen LogP contribution in [0.4, 0.5) is 17.8 Å². The lowest BCUT2D eigenvalue weighted by Crippen LogP contribution is -2.29. The maximum atomic E-state index is 11.3. The van der Waals surface area contributed by atoms with Crippen LogP contribution in [-0.4, -0.2) is 34.0 Å². The van der Waals surface area contributed by atoms with Crippen LogP contribution in [0.25, 0.3) is 0 Å². The Balaban J connectivity index is 2.25. The van der Waals surface area contributed by atoms with Crippen LogP contribution < -0.4 is 16.1 Å².